The van der Waals surface area contributed by atoms with Crippen molar-refractivity contribution >= 4 is 11.6 Å². The molecular weight excluding hydrogens is 362 g/mol. The van der Waals surface area contributed by atoms with Crippen molar-refractivity contribution in [2.45, 2.75) is 53.9 Å². The molecule has 0 atom stereocenters. The topological polar surface area (TPSA) is 63.9 Å². The van der Waals surface area contributed by atoms with Gasteiger partial charge in [0.2, 0.25) is 5.91 Å². The van der Waals surface area contributed by atoms with Gasteiger partial charge >= 0.3 is 0 Å². The molecule has 0 spiro atoms. The van der Waals surface area contributed by atoms with Gasteiger partial charge in [-0.1, -0.05) is 31.5 Å². The van der Waals surface area contributed by atoms with Crippen LogP contribution in [0.4, 0.5) is 5.69 Å². The number of benzene rings is 1. The Labute approximate surface area is 172 Å². The molecule has 1 aromatic carbocycles. The van der Waals surface area contributed by atoms with Crippen LogP contribution >= 0.6 is 0 Å². The van der Waals surface area contributed by atoms with Gasteiger partial charge in [-0.05, 0) is 52.3 Å². The second-order valence-electron chi connectivity index (χ2n) is 7.42. The van der Waals surface area contributed by atoms with E-state index < -0.39 is 0 Å². The number of para-hydroxylation sites is 1. The maximum atomic E-state index is 13.2. The molecule has 0 saturated carbocycles. The standard InChI is InChI=1S/C23H29N5O/c1-6-7-13-27(20-11-9-8-10-12-20)22(29)15-21-18(4)26-28(19(21)5)23-24-16(2)14-17(3)25-23/h8-12,14H,6-7,13,15H2,1-5H3. The Kier molecular flexibility index (Phi) is 6.42. The zero-order valence-corrected chi connectivity index (χ0v) is 17.9. The SMILES string of the molecule is CCCCN(C(=O)Cc1c(C)nn(-c2nc(C)cc(C)n2)c1C)c1ccccc1. The molecule has 0 aliphatic carbocycles. The Morgan fingerprint density at radius 1 is 1.03 bits per heavy atom. The highest BCUT2D eigenvalue weighted by atomic mass is 16.2. The molecule has 0 bridgehead atoms. The Morgan fingerprint density at radius 2 is 1.69 bits per heavy atom. The Morgan fingerprint density at radius 3 is 2.31 bits per heavy atom. The smallest absolute Gasteiger partial charge is 0.251 e. The number of aromatic nitrogens is 4. The molecular formula is C23H29N5O. The van der Waals surface area contributed by atoms with Crippen LogP contribution in [0.1, 0.15) is 48.1 Å². The highest BCUT2D eigenvalue weighted by Gasteiger charge is 2.21. The Balaban J connectivity index is 1.90. The average Bonchev–Trinajstić information content (AvgIpc) is 2.96. The fourth-order valence-electron chi connectivity index (χ4n) is 3.50. The van der Waals surface area contributed by atoms with E-state index in [1.54, 1.807) is 4.68 Å². The van der Waals surface area contributed by atoms with Crippen LogP contribution in [-0.2, 0) is 11.2 Å². The van der Waals surface area contributed by atoms with Gasteiger partial charge in [-0.2, -0.15) is 5.10 Å². The third-order valence-electron chi connectivity index (χ3n) is 5.03. The molecule has 29 heavy (non-hydrogen) atoms. The first-order valence-electron chi connectivity index (χ1n) is 10.1. The van der Waals surface area contributed by atoms with Gasteiger partial charge in [0, 0.05) is 34.9 Å². The summed E-state index contributed by atoms with van der Waals surface area (Å²) in [6.07, 6.45) is 2.31. The van der Waals surface area contributed by atoms with Gasteiger partial charge in [0.05, 0.1) is 12.1 Å². The first-order chi connectivity index (χ1) is 13.9. The summed E-state index contributed by atoms with van der Waals surface area (Å²) in [6, 6.07) is 11.8. The maximum Gasteiger partial charge on any atom is 0.251 e. The molecule has 6 nitrogen and oxygen atoms in total. The van der Waals surface area contributed by atoms with E-state index in [9.17, 15) is 4.79 Å². The minimum absolute atomic E-state index is 0.0803. The molecule has 2 aromatic heterocycles. The van der Waals surface area contributed by atoms with E-state index in [1.807, 2.05) is 69.0 Å². The number of hydrogen-bond acceptors (Lipinski definition) is 4. The largest absolute Gasteiger partial charge is 0.312 e. The van der Waals surface area contributed by atoms with E-state index in [0.717, 1.165) is 46.9 Å². The van der Waals surface area contributed by atoms with Crippen LogP contribution in [0.5, 0.6) is 0 Å². The summed E-state index contributed by atoms with van der Waals surface area (Å²) >= 11 is 0. The van der Waals surface area contributed by atoms with Gasteiger partial charge in [0.15, 0.2) is 0 Å². The first kappa shape index (κ1) is 20.7. The molecule has 0 unspecified atom stereocenters. The molecule has 0 aliphatic heterocycles. The number of anilines is 1. The third-order valence-corrected chi connectivity index (χ3v) is 5.03. The molecule has 3 rings (SSSR count). The van der Waals surface area contributed by atoms with E-state index in [0.29, 0.717) is 18.9 Å². The number of rotatable bonds is 7. The van der Waals surface area contributed by atoms with Crippen LogP contribution in [-0.4, -0.2) is 32.2 Å². The normalized spacial score (nSPS) is 10.9. The molecule has 6 heteroatoms. The molecule has 0 aliphatic rings. The van der Waals surface area contributed by atoms with Crippen molar-refractivity contribution in [3.8, 4) is 5.95 Å². The number of amides is 1. The fraction of sp³-hybridized carbons (Fsp3) is 0.391. The number of hydrogen-bond donors (Lipinski definition) is 0. The molecule has 2 heterocycles. The van der Waals surface area contributed by atoms with Gasteiger partial charge in [-0.3, -0.25) is 4.79 Å². The van der Waals surface area contributed by atoms with Crippen LogP contribution < -0.4 is 4.90 Å². The molecule has 0 saturated heterocycles. The van der Waals surface area contributed by atoms with Gasteiger partial charge in [0.25, 0.3) is 5.95 Å². The summed E-state index contributed by atoms with van der Waals surface area (Å²) in [5.41, 5.74) is 5.41. The molecule has 0 N–H and O–H groups in total. The predicted octanol–water partition coefficient (Wildman–Crippen LogP) is 4.27. The quantitative estimate of drug-likeness (QED) is 0.603. The van der Waals surface area contributed by atoms with Crippen LogP contribution in [0.3, 0.4) is 0 Å². The third kappa shape index (κ3) is 4.70. The highest BCUT2D eigenvalue weighted by molar-refractivity contribution is 5.95. The lowest BCUT2D eigenvalue weighted by molar-refractivity contribution is -0.118. The van der Waals surface area contributed by atoms with Crippen molar-refractivity contribution in [2.24, 2.45) is 0 Å². The van der Waals surface area contributed by atoms with E-state index in [-0.39, 0.29) is 5.91 Å². The molecule has 3 aromatic rings. The van der Waals surface area contributed by atoms with Crippen molar-refractivity contribution in [2.75, 3.05) is 11.4 Å². The van der Waals surface area contributed by atoms with E-state index in [1.165, 1.54) is 0 Å². The predicted molar refractivity (Wildman–Crippen MR) is 116 cm³/mol. The average molecular weight is 392 g/mol. The van der Waals surface area contributed by atoms with E-state index in [2.05, 4.69) is 22.0 Å². The zero-order valence-electron chi connectivity index (χ0n) is 17.9. The summed E-state index contributed by atoms with van der Waals surface area (Å²) in [4.78, 5) is 24.1. The second kappa shape index (κ2) is 8.99. The summed E-state index contributed by atoms with van der Waals surface area (Å²) in [6.45, 7) is 10.7. The van der Waals surface area contributed by atoms with Crippen molar-refractivity contribution in [1.82, 2.24) is 19.7 Å². The van der Waals surface area contributed by atoms with Gasteiger partial charge in [-0.25, -0.2) is 14.6 Å². The highest BCUT2D eigenvalue weighted by Crippen LogP contribution is 2.21. The number of unbranched alkanes of at least 4 members (excludes halogenated alkanes) is 1. The lowest BCUT2D eigenvalue weighted by Gasteiger charge is -2.23. The van der Waals surface area contributed by atoms with Crippen LogP contribution in [0.15, 0.2) is 36.4 Å². The van der Waals surface area contributed by atoms with Gasteiger partial charge in [0.1, 0.15) is 0 Å². The Hall–Kier alpha value is -3.02. The number of carbonyl (C=O) groups is 1. The van der Waals surface area contributed by atoms with Crippen LogP contribution in [0, 0.1) is 27.7 Å². The van der Waals surface area contributed by atoms with Gasteiger partial charge in [-0.15, -0.1) is 0 Å². The van der Waals surface area contributed by atoms with Crippen molar-refractivity contribution in [3.05, 3.63) is 64.7 Å². The van der Waals surface area contributed by atoms with Gasteiger partial charge < -0.3 is 4.90 Å². The first-order valence-corrected chi connectivity index (χ1v) is 10.1. The second-order valence-corrected chi connectivity index (χ2v) is 7.42. The minimum Gasteiger partial charge on any atom is -0.312 e. The lowest BCUT2D eigenvalue weighted by Crippen LogP contribution is -2.33. The number of aryl methyl sites for hydroxylation is 3. The summed E-state index contributed by atoms with van der Waals surface area (Å²) in [7, 11) is 0. The fourth-order valence-corrected chi connectivity index (χ4v) is 3.50. The monoisotopic (exact) mass is 391 g/mol. The maximum absolute atomic E-state index is 13.2. The Bertz CT molecular complexity index is 974. The van der Waals surface area contributed by atoms with Crippen molar-refractivity contribution in [1.29, 1.82) is 0 Å². The minimum atomic E-state index is 0.0803. The van der Waals surface area contributed by atoms with Crippen LogP contribution in [0.25, 0.3) is 5.95 Å². The van der Waals surface area contributed by atoms with Crippen molar-refractivity contribution in [3.63, 3.8) is 0 Å². The number of carbonyl (C=O) groups excluding carboxylic acids is 1. The van der Waals surface area contributed by atoms with Crippen molar-refractivity contribution < 1.29 is 4.79 Å². The van der Waals surface area contributed by atoms with Crippen LogP contribution in [0.2, 0.25) is 0 Å². The molecule has 0 fully saturated rings. The number of nitrogens with zero attached hydrogens (tertiary/aromatic N) is 5. The zero-order chi connectivity index (χ0) is 21.0. The molecule has 1 amide bonds. The summed E-state index contributed by atoms with van der Waals surface area (Å²) < 4.78 is 1.75. The summed E-state index contributed by atoms with van der Waals surface area (Å²) in [5, 5.41) is 4.63. The van der Waals surface area contributed by atoms with E-state index in [4.69, 9.17) is 0 Å². The lowest BCUT2D eigenvalue weighted by atomic mass is 10.1. The molecule has 152 valence electrons. The summed E-state index contributed by atoms with van der Waals surface area (Å²) in [5.74, 6) is 0.629. The van der Waals surface area contributed by atoms with E-state index >= 15 is 0 Å². The molecule has 0 radical (unpaired) electrons.